The maximum atomic E-state index is 12.5. The number of nitrogens with zero attached hydrogens (tertiary/aromatic N) is 3. The van der Waals surface area contributed by atoms with Crippen molar-refractivity contribution in [2.24, 2.45) is 5.92 Å². The molecule has 1 N–H and O–H groups in total. The SMILES string of the molecule is CCn1c(C)nnc1SCCNC(=O)[C@@H]1CCOc2ccccc2C1. The zero-order valence-corrected chi connectivity index (χ0v) is 15.5. The van der Waals surface area contributed by atoms with Crippen LogP contribution in [0, 0.1) is 12.8 Å². The summed E-state index contributed by atoms with van der Waals surface area (Å²) >= 11 is 1.62. The molecule has 1 aliphatic rings. The average molecular weight is 360 g/mol. The molecule has 0 radical (unpaired) electrons. The summed E-state index contributed by atoms with van der Waals surface area (Å²) < 4.78 is 7.81. The first kappa shape index (κ1) is 17.8. The van der Waals surface area contributed by atoms with Crippen LogP contribution < -0.4 is 10.1 Å². The number of amides is 1. The lowest BCUT2D eigenvalue weighted by Gasteiger charge is -2.13. The summed E-state index contributed by atoms with van der Waals surface area (Å²) in [6, 6.07) is 7.97. The maximum Gasteiger partial charge on any atom is 0.223 e. The van der Waals surface area contributed by atoms with Crippen molar-refractivity contribution < 1.29 is 9.53 Å². The van der Waals surface area contributed by atoms with Gasteiger partial charge in [-0.05, 0) is 38.3 Å². The Morgan fingerprint density at radius 1 is 1.40 bits per heavy atom. The summed E-state index contributed by atoms with van der Waals surface area (Å²) in [5.41, 5.74) is 1.11. The van der Waals surface area contributed by atoms with Crippen molar-refractivity contribution in [3.63, 3.8) is 0 Å². The number of hydrogen-bond donors (Lipinski definition) is 1. The van der Waals surface area contributed by atoms with E-state index in [1.54, 1.807) is 11.8 Å². The van der Waals surface area contributed by atoms with Crippen molar-refractivity contribution in [3.8, 4) is 5.75 Å². The van der Waals surface area contributed by atoms with Gasteiger partial charge in [0.05, 0.1) is 6.61 Å². The van der Waals surface area contributed by atoms with Crippen LogP contribution in [-0.2, 0) is 17.8 Å². The van der Waals surface area contributed by atoms with Crippen molar-refractivity contribution in [2.45, 2.75) is 38.4 Å². The first-order valence-corrected chi connectivity index (χ1v) is 9.68. The van der Waals surface area contributed by atoms with Crippen LogP contribution in [0.1, 0.15) is 24.7 Å². The monoisotopic (exact) mass is 360 g/mol. The molecule has 1 aromatic carbocycles. The molecule has 6 nitrogen and oxygen atoms in total. The fourth-order valence-corrected chi connectivity index (χ4v) is 3.91. The number of benzene rings is 1. The Morgan fingerprint density at radius 3 is 3.08 bits per heavy atom. The Morgan fingerprint density at radius 2 is 2.24 bits per heavy atom. The summed E-state index contributed by atoms with van der Waals surface area (Å²) in [7, 11) is 0. The molecular formula is C18H24N4O2S. The topological polar surface area (TPSA) is 69.0 Å². The van der Waals surface area contributed by atoms with E-state index in [0.717, 1.165) is 47.4 Å². The largest absolute Gasteiger partial charge is 0.493 e. The molecule has 0 fully saturated rings. The molecule has 0 spiro atoms. The van der Waals surface area contributed by atoms with E-state index >= 15 is 0 Å². The van der Waals surface area contributed by atoms with Gasteiger partial charge < -0.3 is 14.6 Å². The number of carbonyl (C=O) groups excluding carboxylic acids is 1. The number of para-hydroxylation sites is 1. The Hall–Kier alpha value is -2.02. The van der Waals surface area contributed by atoms with Gasteiger partial charge in [-0.3, -0.25) is 4.79 Å². The average Bonchev–Trinajstić information content (AvgIpc) is 2.84. The molecular weight excluding hydrogens is 336 g/mol. The number of thioether (sulfide) groups is 1. The molecule has 2 aromatic rings. The fourth-order valence-electron chi connectivity index (χ4n) is 3.01. The summed E-state index contributed by atoms with van der Waals surface area (Å²) in [5, 5.41) is 12.2. The van der Waals surface area contributed by atoms with Crippen LogP contribution in [0.25, 0.3) is 0 Å². The number of hydrogen-bond acceptors (Lipinski definition) is 5. The zero-order chi connectivity index (χ0) is 17.6. The van der Waals surface area contributed by atoms with Crippen molar-refractivity contribution in [3.05, 3.63) is 35.7 Å². The summed E-state index contributed by atoms with van der Waals surface area (Å²) in [5.74, 6) is 2.68. The molecule has 1 aliphatic heterocycles. The van der Waals surface area contributed by atoms with E-state index in [1.807, 2.05) is 31.2 Å². The summed E-state index contributed by atoms with van der Waals surface area (Å²) in [4.78, 5) is 12.5. The molecule has 0 unspecified atom stereocenters. The van der Waals surface area contributed by atoms with Crippen LogP contribution in [0.2, 0.25) is 0 Å². The molecule has 1 atom stereocenters. The number of fused-ring (bicyclic) bond motifs is 1. The quantitative estimate of drug-likeness (QED) is 0.633. The van der Waals surface area contributed by atoms with Gasteiger partial charge in [0.1, 0.15) is 11.6 Å². The van der Waals surface area contributed by atoms with Crippen molar-refractivity contribution in [2.75, 3.05) is 18.9 Å². The van der Waals surface area contributed by atoms with Gasteiger partial charge in [0.25, 0.3) is 0 Å². The Labute approximate surface area is 152 Å². The van der Waals surface area contributed by atoms with Gasteiger partial charge in [-0.25, -0.2) is 0 Å². The number of nitrogens with one attached hydrogen (secondary N) is 1. The second kappa shape index (κ2) is 8.38. The molecule has 0 saturated carbocycles. The lowest BCUT2D eigenvalue weighted by molar-refractivity contribution is -0.125. The molecule has 1 amide bonds. The standard InChI is InChI=1S/C18H24N4O2S/c1-3-22-13(2)20-21-18(22)25-11-9-19-17(23)15-8-10-24-16-7-5-4-6-14(16)12-15/h4-7,15H,3,8-12H2,1-2H3,(H,19,23)/t15-/m1/s1. The molecule has 134 valence electrons. The van der Waals surface area contributed by atoms with Crippen molar-refractivity contribution >= 4 is 17.7 Å². The van der Waals surface area contributed by atoms with Crippen LogP contribution in [0.15, 0.2) is 29.4 Å². The van der Waals surface area contributed by atoms with E-state index < -0.39 is 0 Å². The fraction of sp³-hybridized carbons (Fsp3) is 0.500. The molecule has 7 heteroatoms. The van der Waals surface area contributed by atoms with Crippen LogP contribution in [0.5, 0.6) is 5.75 Å². The van der Waals surface area contributed by atoms with E-state index in [-0.39, 0.29) is 11.8 Å². The first-order valence-electron chi connectivity index (χ1n) is 8.70. The van der Waals surface area contributed by atoms with Gasteiger partial charge in [0, 0.05) is 24.8 Å². The summed E-state index contributed by atoms with van der Waals surface area (Å²) in [6.07, 6.45) is 1.48. The highest BCUT2D eigenvalue weighted by Gasteiger charge is 2.23. The second-order valence-corrected chi connectivity index (χ2v) is 7.12. The molecule has 0 aliphatic carbocycles. The minimum Gasteiger partial charge on any atom is -0.493 e. The van der Waals surface area contributed by atoms with E-state index in [4.69, 9.17) is 4.74 Å². The van der Waals surface area contributed by atoms with E-state index in [9.17, 15) is 4.79 Å². The molecule has 0 bridgehead atoms. The lowest BCUT2D eigenvalue weighted by atomic mass is 9.96. The third-order valence-corrected chi connectivity index (χ3v) is 5.35. The minimum atomic E-state index is -0.0322. The van der Waals surface area contributed by atoms with E-state index in [2.05, 4.69) is 27.0 Å². The Balaban J connectivity index is 1.48. The predicted octanol–water partition coefficient (Wildman–Crippen LogP) is 2.46. The highest BCUT2D eigenvalue weighted by molar-refractivity contribution is 7.99. The zero-order valence-electron chi connectivity index (χ0n) is 14.7. The van der Waals surface area contributed by atoms with Crippen LogP contribution in [0.3, 0.4) is 0 Å². The number of ether oxygens (including phenoxy) is 1. The Bertz CT molecular complexity index is 732. The number of rotatable bonds is 6. The predicted molar refractivity (Wildman–Crippen MR) is 97.9 cm³/mol. The smallest absolute Gasteiger partial charge is 0.223 e. The van der Waals surface area contributed by atoms with Crippen LogP contribution >= 0.6 is 11.8 Å². The Kier molecular flexibility index (Phi) is 5.96. The summed E-state index contributed by atoms with van der Waals surface area (Å²) in [6.45, 7) is 6.10. The van der Waals surface area contributed by atoms with Crippen molar-refractivity contribution in [1.29, 1.82) is 0 Å². The highest BCUT2D eigenvalue weighted by Crippen LogP contribution is 2.26. The van der Waals surface area contributed by atoms with Gasteiger partial charge in [-0.2, -0.15) is 0 Å². The second-order valence-electron chi connectivity index (χ2n) is 6.06. The normalized spacial score (nSPS) is 16.6. The van der Waals surface area contributed by atoms with Gasteiger partial charge in [0.15, 0.2) is 5.16 Å². The molecule has 25 heavy (non-hydrogen) atoms. The van der Waals surface area contributed by atoms with E-state index in [1.165, 1.54) is 0 Å². The van der Waals surface area contributed by atoms with Gasteiger partial charge in [-0.1, -0.05) is 30.0 Å². The molecule has 1 aromatic heterocycles. The minimum absolute atomic E-state index is 0.0322. The van der Waals surface area contributed by atoms with E-state index in [0.29, 0.717) is 13.2 Å². The molecule has 3 rings (SSSR count). The highest BCUT2D eigenvalue weighted by atomic mass is 32.2. The maximum absolute atomic E-state index is 12.5. The lowest BCUT2D eigenvalue weighted by Crippen LogP contribution is -2.33. The third-order valence-electron chi connectivity index (χ3n) is 4.38. The number of carbonyl (C=O) groups is 1. The van der Waals surface area contributed by atoms with Gasteiger partial charge in [0.2, 0.25) is 5.91 Å². The number of aryl methyl sites for hydroxylation is 1. The van der Waals surface area contributed by atoms with Crippen molar-refractivity contribution in [1.82, 2.24) is 20.1 Å². The third kappa shape index (κ3) is 4.34. The molecule has 2 heterocycles. The van der Waals surface area contributed by atoms with Gasteiger partial charge >= 0.3 is 0 Å². The number of aromatic nitrogens is 3. The molecule has 0 saturated heterocycles. The van der Waals surface area contributed by atoms with Crippen LogP contribution in [-0.4, -0.2) is 39.6 Å². The van der Waals surface area contributed by atoms with Gasteiger partial charge in [-0.15, -0.1) is 10.2 Å². The van der Waals surface area contributed by atoms with Crippen LogP contribution in [0.4, 0.5) is 0 Å². The first-order chi connectivity index (χ1) is 12.2.